The number of benzene rings is 1. The van der Waals surface area contributed by atoms with E-state index in [1.807, 2.05) is 13.8 Å². The van der Waals surface area contributed by atoms with Gasteiger partial charge in [-0.05, 0) is 66.0 Å². The number of nitrogens with two attached hydrogens (primary N) is 1. The quantitative estimate of drug-likeness (QED) is 0.305. The van der Waals surface area contributed by atoms with Crippen molar-refractivity contribution in [1.29, 1.82) is 0 Å². The molecule has 0 heterocycles. The van der Waals surface area contributed by atoms with Crippen molar-refractivity contribution in [3.05, 3.63) is 67.8 Å². The Morgan fingerprint density at radius 1 is 1.44 bits per heavy atom. The summed E-state index contributed by atoms with van der Waals surface area (Å²) < 4.78 is 15.0. The second kappa shape index (κ2) is 12.4. The van der Waals surface area contributed by atoms with Crippen LogP contribution in [0.2, 0.25) is 5.02 Å². The Morgan fingerprint density at radius 2 is 2.08 bits per heavy atom. The fourth-order valence-corrected chi connectivity index (χ4v) is 2.34. The molecule has 0 saturated carbocycles. The van der Waals surface area contributed by atoms with Crippen molar-refractivity contribution >= 4 is 39.1 Å². The summed E-state index contributed by atoms with van der Waals surface area (Å²) in [6.45, 7) is 5.45. The summed E-state index contributed by atoms with van der Waals surface area (Å²) in [6, 6.07) is 5.19. The van der Waals surface area contributed by atoms with E-state index in [9.17, 15) is 4.39 Å². The van der Waals surface area contributed by atoms with Crippen LogP contribution in [0.1, 0.15) is 27.2 Å². The van der Waals surface area contributed by atoms with Crippen LogP contribution in [-0.2, 0) is 0 Å². The fraction of sp³-hybridized carbons (Fsp3) is 0.278. The van der Waals surface area contributed by atoms with Crippen LogP contribution in [0.5, 0.6) is 0 Å². The van der Waals surface area contributed by atoms with Crippen LogP contribution in [0.4, 0.5) is 10.1 Å². The van der Waals surface area contributed by atoms with Crippen LogP contribution in [0.3, 0.4) is 0 Å². The molecule has 25 heavy (non-hydrogen) atoms. The minimum absolute atomic E-state index is 0. The number of nitrogens with zero attached hydrogens (tertiary/aromatic N) is 2. The molecule has 0 aromatic heterocycles. The van der Waals surface area contributed by atoms with Gasteiger partial charge in [0.15, 0.2) is 0 Å². The number of amidine groups is 1. The minimum atomic E-state index is -0.328. The fourth-order valence-electron chi connectivity index (χ4n) is 1.86. The molecule has 1 aromatic carbocycles. The predicted molar refractivity (Wildman–Crippen MR) is 106 cm³/mol. The molecule has 0 aliphatic carbocycles. The van der Waals surface area contributed by atoms with Crippen LogP contribution in [0, 0.1) is 0 Å². The van der Waals surface area contributed by atoms with E-state index in [0.29, 0.717) is 38.4 Å². The number of aliphatic imine (C=N–C) groups is 1. The largest absolute Gasteiger partial charge is 1.00 e. The van der Waals surface area contributed by atoms with Crippen LogP contribution < -0.4 is 57.1 Å². The van der Waals surface area contributed by atoms with Gasteiger partial charge in [0.1, 0.15) is 11.7 Å². The Labute approximate surface area is 205 Å². The van der Waals surface area contributed by atoms with Crippen molar-refractivity contribution in [1.82, 2.24) is 0 Å². The summed E-state index contributed by atoms with van der Waals surface area (Å²) in [5, 5.41) is 4.73. The van der Waals surface area contributed by atoms with Gasteiger partial charge in [0.25, 0.3) is 0 Å². The smallest absolute Gasteiger partial charge is 0.687 e. The predicted octanol–water partition coefficient (Wildman–Crippen LogP) is 3.58. The minimum Gasteiger partial charge on any atom is -0.687 e. The first kappa shape index (κ1) is 25.0. The number of hydrogen-bond donors (Lipinski definition) is 1. The van der Waals surface area contributed by atoms with E-state index >= 15 is 0 Å². The molecule has 0 fully saturated rings. The summed E-state index contributed by atoms with van der Waals surface area (Å²) in [6.07, 6.45) is 3.76. The zero-order valence-corrected chi connectivity index (χ0v) is 20.7. The van der Waals surface area contributed by atoms with Crippen molar-refractivity contribution in [2.75, 3.05) is 7.05 Å². The maximum atomic E-state index is 14.3. The van der Waals surface area contributed by atoms with E-state index in [0.717, 1.165) is 0 Å². The molecule has 1 rings (SSSR count). The van der Waals surface area contributed by atoms with Crippen molar-refractivity contribution in [3.63, 3.8) is 0 Å². The van der Waals surface area contributed by atoms with Crippen molar-refractivity contribution in [3.8, 4) is 0 Å². The molecule has 0 aliphatic rings. The van der Waals surface area contributed by atoms with Gasteiger partial charge in [0, 0.05) is 10.0 Å². The number of hydrogen-bond acceptors (Lipinski definition) is 1. The molecule has 0 spiro atoms. The topological polar surface area (TPSA) is 52.5 Å². The van der Waals surface area contributed by atoms with Gasteiger partial charge in [-0.15, -0.1) is 18.8 Å². The summed E-state index contributed by atoms with van der Waals surface area (Å²) in [4.78, 5) is 4.36. The third-order valence-electron chi connectivity index (χ3n) is 3.43. The Bertz CT molecular complexity index is 727. The first-order chi connectivity index (χ1) is 11.3. The van der Waals surface area contributed by atoms with Gasteiger partial charge in [-0.2, -0.15) is 0 Å². The van der Waals surface area contributed by atoms with Gasteiger partial charge in [-0.1, -0.05) is 18.5 Å². The number of allylic oxidation sites excluding steroid dienone is 4. The molecule has 0 aliphatic heterocycles. The van der Waals surface area contributed by atoms with E-state index in [2.05, 4.69) is 26.2 Å². The van der Waals surface area contributed by atoms with Gasteiger partial charge in [0.05, 0.1) is 10.7 Å². The SMILES string of the molecule is C\C=C([N-]C)/C(=C\C(F)=C(/C)CC)C(N)=Nc1ccc(Cl)c(Br)c1.[K+]. The molecule has 0 amide bonds. The molecule has 3 nitrogen and oxygen atoms in total. The molecule has 7 heteroatoms. The number of halogens is 3. The molecule has 130 valence electrons. The molecule has 1 aromatic rings. The Hall–Kier alpha value is 0.0464. The summed E-state index contributed by atoms with van der Waals surface area (Å²) >= 11 is 9.32. The average molecular weight is 453 g/mol. The molecule has 0 bridgehead atoms. The Morgan fingerprint density at radius 3 is 2.56 bits per heavy atom. The van der Waals surface area contributed by atoms with Crippen molar-refractivity contribution in [2.24, 2.45) is 10.7 Å². The zero-order chi connectivity index (χ0) is 18.3. The van der Waals surface area contributed by atoms with Crippen LogP contribution in [0.25, 0.3) is 5.32 Å². The van der Waals surface area contributed by atoms with E-state index in [1.54, 1.807) is 38.2 Å². The van der Waals surface area contributed by atoms with E-state index in [1.165, 1.54) is 6.08 Å². The molecule has 0 atom stereocenters. The third-order valence-corrected chi connectivity index (χ3v) is 4.64. The number of likely N-dealkylation sites (N-methyl/N-ethyl adjacent to an activating group) is 1. The average Bonchev–Trinajstić information content (AvgIpc) is 2.57. The second-order valence-electron chi connectivity index (χ2n) is 5.03. The van der Waals surface area contributed by atoms with Gasteiger partial charge in [-0.3, -0.25) is 0 Å². The van der Waals surface area contributed by atoms with Crippen molar-refractivity contribution < 1.29 is 55.8 Å². The molecule has 0 radical (unpaired) electrons. The van der Waals surface area contributed by atoms with Gasteiger partial charge in [0.2, 0.25) is 0 Å². The van der Waals surface area contributed by atoms with Crippen molar-refractivity contribution in [2.45, 2.75) is 27.2 Å². The maximum Gasteiger partial charge on any atom is 1.00 e. The molecule has 2 N–H and O–H groups in total. The monoisotopic (exact) mass is 451 g/mol. The number of rotatable bonds is 6. The molecular weight excluding hydrogens is 432 g/mol. The van der Waals surface area contributed by atoms with Gasteiger partial charge in [-0.25, -0.2) is 9.38 Å². The summed E-state index contributed by atoms with van der Waals surface area (Å²) in [5.41, 5.74) is 8.39. The first-order valence-electron chi connectivity index (χ1n) is 7.47. The Balaban J connectivity index is 0.00000576. The second-order valence-corrected chi connectivity index (χ2v) is 6.29. The van der Waals surface area contributed by atoms with Crippen LogP contribution in [-0.4, -0.2) is 12.9 Å². The standard InChI is InChI=1S/C18H21BrClFN3.K/c1-5-11(3)16(21)10-13(17(6-2)23-4)18(22)24-12-7-8-15(20)14(19)9-12;/h6-10H,5H2,1-4H3,(H2,22,24);/q-1;+1/b13-10+,16-11-,17-6+;. The molecular formula is C18H21BrClFKN3. The third kappa shape index (κ3) is 7.67. The summed E-state index contributed by atoms with van der Waals surface area (Å²) in [7, 11) is 1.63. The van der Waals surface area contributed by atoms with Gasteiger partial charge >= 0.3 is 51.4 Å². The van der Waals surface area contributed by atoms with E-state index < -0.39 is 0 Å². The van der Waals surface area contributed by atoms with E-state index in [4.69, 9.17) is 17.3 Å². The van der Waals surface area contributed by atoms with Crippen LogP contribution in [0.15, 0.2) is 62.5 Å². The zero-order valence-electron chi connectivity index (χ0n) is 15.2. The van der Waals surface area contributed by atoms with Gasteiger partial charge < -0.3 is 11.1 Å². The summed E-state index contributed by atoms with van der Waals surface area (Å²) in [5.74, 6) is -0.145. The molecule has 0 unspecified atom stereocenters. The normalized spacial score (nSPS) is 14.0. The van der Waals surface area contributed by atoms with Crippen LogP contribution >= 0.6 is 27.5 Å². The Kier molecular flexibility index (Phi) is 12.5. The maximum absolute atomic E-state index is 14.3. The first-order valence-corrected chi connectivity index (χ1v) is 8.64. The van der Waals surface area contributed by atoms with E-state index in [-0.39, 0.29) is 63.0 Å². The molecule has 0 saturated heterocycles.